The topological polar surface area (TPSA) is 61.4 Å². The Labute approximate surface area is 152 Å². The third kappa shape index (κ3) is 5.21. The van der Waals surface area contributed by atoms with E-state index in [1.165, 1.54) is 0 Å². The van der Waals surface area contributed by atoms with Crippen molar-refractivity contribution >= 4 is 23.2 Å². The number of hydrogen-bond donors (Lipinski definition) is 2. The number of hydrogen-bond acceptors (Lipinski definition) is 3. The van der Waals surface area contributed by atoms with Crippen LogP contribution in [-0.2, 0) is 9.59 Å². The maximum Gasteiger partial charge on any atom is 0.239 e. The minimum absolute atomic E-state index is 0.0506. The fourth-order valence-corrected chi connectivity index (χ4v) is 2.46. The van der Waals surface area contributed by atoms with Gasteiger partial charge in [-0.3, -0.25) is 9.59 Å². The Morgan fingerprint density at radius 1 is 1.12 bits per heavy atom. The molecular weight excluding hydrogens is 314 g/mol. The standard InChI is InChI=1S/C20H33N3O2/c1-8-15(5)21-18(24)20(6,7)19(25)22-17-12-11-16(13-14(17)4)23(9-2)10-3/h11-13,15H,8-10H2,1-7H3,(H,21,24)(H,22,25). The lowest BCUT2D eigenvalue weighted by Gasteiger charge is -2.26. The molecule has 2 N–H and O–H groups in total. The molecule has 0 aliphatic rings. The van der Waals surface area contributed by atoms with Crippen LogP contribution in [-0.4, -0.2) is 30.9 Å². The molecule has 0 radical (unpaired) electrons. The van der Waals surface area contributed by atoms with E-state index in [1.54, 1.807) is 13.8 Å². The zero-order chi connectivity index (χ0) is 19.2. The maximum atomic E-state index is 12.6. The van der Waals surface area contributed by atoms with Crippen molar-refractivity contribution in [3.8, 4) is 0 Å². The summed E-state index contributed by atoms with van der Waals surface area (Å²) in [4.78, 5) is 27.3. The summed E-state index contributed by atoms with van der Waals surface area (Å²) in [6, 6.07) is 6.02. The molecule has 0 aromatic heterocycles. The first kappa shape index (κ1) is 21.0. The third-order valence-electron chi connectivity index (χ3n) is 4.71. The molecule has 5 nitrogen and oxygen atoms in total. The van der Waals surface area contributed by atoms with Crippen LogP contribution in [0.15, 0.2) is 18.2 Å². The van der Waals surface area contributed by atoms with E-state index in [0.717, 1.165) is 36.4 Å². The van der Waals surface area contributed by atoms with Crippen LogP contribution in [0, 0.1) is 12.3 Å². The average Bonchev–Trinajstić information content (AvgIpc) is 2.57. The van der Waals surface area contributed by atoms with Gasteiger partial charge >= 0.3 is 0 Å². The minimum Gasteiger partial charge on any atom is -0.372 e. The number of nitrogens with one attached hydrogen (secondary N) is 2. The monoisotopic (exact) mass is 347 g/mol. The quantitative estimate of drug-likeness (QED) is 0.705. The summed E-state index contributed by atoms with van der Waals surface area (Å²) in [6.07, 6.45) is 0.829. The van der Waals surface area contributed by atoms with E-state index in [4.69, 9.17) is 0 Å². The lowest BCUT2D eigenvalue weighted by atomic mass is 9.90. The second-order valence-electron chi connectivity index (χ2n) is 7.03. The van der Waals surface area contributed by atoms with Gasteiger partial charge in [-0.15, -0.1) is 0 Å². The molecule has 0 aliphatic carbocycles. The van der Waals surface area contributed by atoms with Crippen LogP contribution in [0.5, 0.6) is 0 Å². The Kier molecular flexibility index (Phi) is 7.46. The van der Waals surface area contributed by atoms with Gasteiger partial charge in [-0.2, -0.15) is 0 Å². The van der Waals surface area contributed by atoms with Crippen LogP contribution in [0.2, 0.25) is 0 Å². The van der Waals surface area contributed by atoms with E-state index in [9.17, 15) is 9.59 Å². The summed E-state index contributed by atoms with van der Waals surface area (Å²) < 4.78 is 0. The first-order chi connectivity index (χ1) is 11.7. The fraction of sp³-hybridized carbons (Fsp3) is 0.600. The lowest BCUT2D eigenvalue weighted by Crippen LogP contribution is -2.47. The second kappa shape index (κ2) is 8.88. The molecule has 1 unspecified atom stereocenters. The largest absolute Gasteiger partial charge is 0.372 e. The molecule has 0 bridgehead atoms. The zero-order valence-corrected chi connectivity index (χ0v) is 16.7. The number of aryl methyl sites for hydroxylation is 1. The Hall–Kier alpha value is -2.04. The smallest absolute Gasteiger partial charge is 0.239 e. The van der Waals surface area contributed by atoms with E-state index >= 15 is 0 Å². The van der Waals surface area contributed by atoms with Crippen LogP contribution in [0.1, 0.15) is 53.5 Å². The highest BCUT2D eigenvalue weighted by Crippen LogP contribution is 2.25. The van der Waals surface area contributed by atoms with Crippen LogP contribution in [0.4, 0.5) is 11.4 Å². The molecule has 140 valence electrons. The Morgan fingerprint density at radius 2 is 1.72 bits per heavy atom. The second-order valence-corrected chi connectivity index (χ2v) is 7.03. The number of nitrogens with zero attached hydrogens (tertiary/aromatic N) is 1. The van der Waals surface area contributed by atoms with Gasteiger partial charge in [0, 0.05) is 30.5 Å². The number of carbonyl (C=O) groups excluding carboxylic acids is 2. The summed E-state index contributed by atoms with van der Waals surface area (Å²) in [5.74, 6) is -0.552. The number of benzene rings is 1. The van der Waals surface area contributed by atoms with Crippen LogP contribution < -0.4 is 15.5 Å². The van der Waals surface area contributed by atoms with Gasteiger partial charge in [0.2, 0.25) is 11.8 Å². The van der Waals surface area contributed by atoms with Crippen LogP contribution in [0.3, 0.4) is 0 Å². The van der Waals surface area contributed by atoms with Crippen molar-refractivity contribution in [3.05, 3.63) is 23.8 Å². The van der Waals surface area contributed by atoms with Gasteiger partial charge in [0.25, 0.3) is 0 Å². The SMILES string of the molecule is CCC(C)NC(=O)C(C)(C)C(=O)Nc1ccc(N(CC)CC)cc1C. The lowest BCUT2D eigenvalue weighted by molar-refractivity contribution is -0.138. The van der Waals surface area contributed by atoms with Crippen LogP contribution in [0.25, 0.3) is 0 Å². The fourth-order valence-electron chi connectivity index (χ4n) is 2.46. The summed E-state index contributed by atoms with van der Waals surface area (Å²) in [5.41, 5.74) is 1.73. The molecule has 1 aromatic carbocycles. The van der Waals surface area contributed by atoms with Gasteiger partial charge in [0.1, 0.15) is 5.41 Å². The normalized spacial score (nSPS) is 12.4. The predicted octanol–water partition coefficient (Wildman–Crippen LogP) is 3.72. The molecule has 1 rings (SSSR count). The van der Waals surface area contributed by atoms with E-state index in [2.05, 4.69) is 35.4 Å². The highest BCUT2D eigenvalue weighted by molar-refractivity contribution is 6.10. The molecular formula is C20H33N3O2. The molecule has 0 fully saturated rings. The molecule has 0 spiro atoms. The van der Waals surface area contributed by atoms with E-state index in [0.29, 0.717) is 0 Å². The van der Waals surface area contributed by atoms with Crippen molar-refractivity contribution in [2.75, 3.05) is 23.3 Å². The van der Waals surface area contributed by atoms with E-state index in [-0.39, 0.29) is 17.9 Å². The van der Waals surface area contributed by atoms with E-state index < -0.39 is 5.41 Å². The number of amides is 2. The van der Waals surface area contributed by atoms with Gasteiger partial charge in [0.15, 0.2) is 0 Å². The van der Waals surface area contributed by atoms with Crippen LogP contribution >= 0.6 is 0 Å². The van der Waals surface area contributed by atoms with E-state index in [1.807, 2.05) is 32.9 Å². The van der Waals surface area contributed by atoms with Gasteiger partial charge in [-0.1, -0.05) is 6.92 Å². The Morgan fingerprint density at radius 3 is 2.20 bits per heavy atom. The summed E-state index contributed by atoms with van der Waals surface area (Å²) in [6.45, 7) is 15.3. The van der Waals surface area contributed by atoms with Crippen molar-refractivity contribution in [2.24, 2.45) is 5.41 Å². The number of carbonyl (C=O) groups is 2. The highest BCUT2D eigenvalue weighted by atomic mass is 16.2. The molecule has 2 amide bonds. The van der Waals surface area contributed by atoms with Crippen molar-refractivity contribution in [2.45, 2.75) is 60.9 Å². The third-order valence-corrected chi connectivity index (χ3v) is 4.71. The minimum atomic E-state index is -1.13. The Bertz CT molecular complexity index is 607. The first-order valence-electron chi connectivity index (χ1n) is 9.15. The van der Waals surface area contributed by atoms with Crippen molar-refractivity contribution in [3.63, 3.8) is 0 Å². The predicted molar refractivity (Wildman–Crippen MR) is 105 cm³/mol. The van der Waals surface area contributed by atoms with Crippen molar-refractivity contribution < 1.29 is 9.59 Å². The number of rotatable bonds is 8. The molecule has 1 atom stereocenters. The molecule has 0 saturated carbocycles. The van der Waals surface area contributed by atoms with Crippen molar-refractivity contribution in [1.29, 1.82) is 0 Å². The number of anilines is 2. The summed E-state index contributed by atoms with van der Waals surface area (Å²) >= 11 is 0. The molecule has 1 aromatic rings. The average molecular weight is 348 g/mol. The van der Waals surface area contributed by atoms with Gasteiger partial charge in [-0.25, -0.2) is 0 Å². The zero-order valence-electron chi connectivity index (χ0n) is 16.7. The molecule has 0 aliphatic heterocycles. The van der Waals surface area contributed by atoms with Crippen molar-refractivity contribution in [1.82, 2.24) is 5.32 Å². The molecule has 0 heterocycles. The molecule has 25 heavy (non-hydrogen) atoms. The van der Waals surface area contributed by atoms with Gasteiger partial charge < -0.3 is 15.5 Å². The molecule has 5 heteroatoms. The Balaban J connectivity index is 2.90. The van der Waals surface area contributed by atoms with Gasteiger partial charge in [-0.05, 0) is 71.7 Å². The molecule has 0 saturated heterocycles. The first-order valence-corrected chi connectivity index (χ1v) is 9.15. The van der Waals surface area contributed by atoms with Gasteiger partial charge in [0.05, 0.1) is 0 Å². The maximum absolute atomic E-state index is 12.6. The highest BCUT2D eigenvalue weighted by Gasteiger charge is 2.36. The summed E-state index contributed by atoms with van der Waals surface area (Å²) in [5, 5.41) is 5.79. The summed E-state index contributed by atoms with van der Waals surface area (Å²) in [7, 11) is 0.